The normalized spacial score (nSPS) is 10.5. The molecule has 0 spiro atoms. The van der Waals surface area contributed by atoms with Crippen molar-refractivity contribution < 1.29 is 5.11 Å². The van der Waals surface area contributed by atoms with E-state index in [1.807, 2.05) is 6.92 Å². The molecule has 0 aliphatic heterocycles. The molecule has 100 valence electrons. The molecule has 2 rings (SSSR count). The van der Waals surface area contributed by atoms with Crippen LogP contribution in [0, 0.1) is 27.7 Å². The van der Waals surface area contributed by atoms with Crippen LogP contribution in [-0.4, -0.2) is 10.1 Å². The third-order valence-corrected chi connectivity index (χ3v) is 3.20. The van der Waals surface area contributed by atoms with Gasteiger partial charge in [0.1, 0.15) is 11.4 Å². The van der Waals surface area contributed by atoms with E-state index in [0.29, 0.717) is 12.2 Å². The van der Waals surface area contributed by atoms with Crippen molar-refractivity contribution in [1.82, 2.24) is 4.98 Å². The summed E-state index contributed by atoms with van der Waals surface area (Å²) in [6, 6.07) is 7.80. The molecule has 0 amide bonds. The molecule has 3 heteroatoms. The number of nitrogens with one attached hydrogen (secondary N) is 1. The molecule has 2 aromatic rings. The van der Waals surface area contributed by atoms with Crippen LogP contribution >= 0.6 is 0 Å². The summed E-state index contributed by atoms with van der Waals surface area (Å²) >= 11 is 0. The van der Waals surface area contributed by atoms with Crippen LogP contribution < -0.4 is 5.32 Å². The van der Waals surface area contributed by atoms with Gasteiger partial charge >= 0.3 is 0 Å². The molecule has 2 N–H and O–H groups in total. The lowest BCUT2D eigenvalue weighted by molar-refractivity contribution is 0.464. The lowest BCUT2D eigenvalue weighted by Crippen LogP contribution is -2.05. The summed E-state index contributed by atoms with van der Waals surface area (Å²) in [5, 5.41) is 13.2. The van der Waals surface area contributed by atoms with Crippen LogP contribution in [0.25, 0.3) is 0 Å². The molecule has 0 unspecified atom stereocenters. The third-order valence-electron chi connectivity index (χ3n) is 3.20. The van der Waals surface area contributed by atoms with Crippen molar-refractivity contribution in [3.8, 4) is 5.75 Å². The van der Waals surface area contributed by atoms with Gasteiger partial charge in [-0.25, -0.2) is 0 Å². The number of rotatable bonds is 3. The van der Waals surface area contributed by atoms with Crippen LogP contribution in [0.15, 0.2) is 24.3 Å². The van der Waals surface area contributed by atoms with Crippen LogP contribution in [0.1, 0.15) is 28.1 Å². The summed E-state index contributed by atoms with van der Waals surface area (Å²) < 4.78 is 0. The number of anilines is 1. The molecule has 1 heterocycles. The van der Waals surface area contributed by atoms with E-state index in [9.17, 15) is 5.11 Å². The van der Waals surface area contributed by atoms with Crippen molar-refractivity contribution in [1.29, 1.82) is 0 Å². The molecule has 1 aromatic heterocycles. The molecule has 0 fully saturated rings. The van der Waals surface area contributed by atoms with E-state index in [1.165, 1.54) is 16.7 Å². The Morgan fingerprint density at radius 3 is 2.32 bits per heavy atom. The number of nitrogens with zero attached hydrogens (tertiary/aromatic N) is 1. The zero-order chi connectivity index (χ0) is 14.0. The highest BCUT2D eigenvalue weighted by molar-refractivity contribution is 5.58. The first kappa shape index (κ1) is 13.4. The van der Waals surface area contributed by atoms with Gasteiger partial charge in [-0.2, -0.15) is 0 Å². The van der Waals surface area contributed by atoms with Gasteiger partial charge in [0.2, 0.25) is 0 Å². The fourth-order valence-corrected chi connectivity index (χ4v) is 2.36. The minimum absolute atomic E-state index is 0.237. The lowest BCUT2D eigenvalue weighted by atomic mass is 10.1. The predicted octanol–water partition coefficient (Wildman–Crippen LogP) is 3.63. The van der Waals surface area contributed by atoms with Crippen molar-refractivity contribution in [2.24, 2.45) is 0 Å². The number of aryl methyl sites for hydroxylation is 4. The summed E-state index contributed by atoms with van der Waals surface area (Å²) in [6.45, 7) is 8.72. The van der Waals surface area contributed by atoms with Gasteiger partial charge in [-0.1, -0.05) is 17.7 Å². The van der Waals surface area contributed by atoms with Crippen LogP contribution in [0.5, 0.6) is 5.75 Å². The molecular weight excluding hydrogens is 236 g/mol. The van der Waals surface area contributed by atoms with Crippen LogP contribution in [0.4, 0.5) is 5.69 Å². The van der Waals surface area contributed by atoms with E-state index < -0.39 is 0 Å². The summed E-state index contributed by atoms with van der Waals surface area (Å²) in [6.07, 6.45) is 0. The van der Waals surface area contributed by atoms with Crippen molar-refractivity contribution in [2.45, 2.75) is 34.2 Å². The molecule has 1 aromatic carbocycles. The largest absolute Gasteiger partial charge is 0.506 e. The lowest BCUT2D eigenvalue weighted by Gasteiger charge is -2.14. The first-order valence-corrected chi connectivity index (χ1v) is 6.44. The number of hydrogen-bond donors (Lipinski definition) is 2. The number of aromatic nitrogens is 1. The summed E-state index contributed by atoms with van der Waals surface area (Å²) in [7, 11) is 0. The zero-order valence-electron chi connectivity index (χ0n) is 11.9. The molecule has 0 aliphatic rings. The van der Waals surface area contributed by atoms with E-state index in [4.69, 9.17) is 0 Å². The molecule has 0 aliphatic carbocycles. The number of aromatic hydroxyl groups is 1. The first-order chi connectivity index (χ1) is 8.97. The van der Waals surface area contributed by atoms with Crippen molar-refractivity contribution >= 4 is 5.69 Å². The third kappa shape index (κ3) is 3.05. The van der Waals surface area contributed by atoms with Gasteiger partial charge in [-0.15, -0.1) is 0 Å². The van der Waals surface area contributed by atoms with Crippen LogP contribution in [-0.2, 0) is 6.54 Å². The molecular formula is C16H20N2O. The van der Waals surface area contributed by atoms with E-state index in [1.54, 1.807) is 12.1 Å². The van der Waals surface area contributed by atoms with Gasteiger partial charge in [0.05, 0.1) is 6.54 Å². The van der Waals surface area contributed by atoms with E-state index in [0.717, 1.165) is 11.4 Å². The van der Waals surface area contributed by atoms with Crippen molar-refractivity contribution in [2.75, 3.05) is 5.32 Å². The van der Waals surface area contributed by atoms with E-state index >= 15 is 0 Å². The summed E-state index contributed by atoms with van der Waals surface area (Å²) in [5.41, 5.74) is 6.39. The molecule has 0 bridgehead atoms. The maximum atomic E-state index is 9.79. The Labute approximate surface area is 114 Å². The van der Waals surface area contributed by atoms with Crippen molar-refractivity contribution in [3.05, 3.63) is 52.3 Å². The Hall–Kier alpha value is -2.03. The van der Waals surface area contributed by atoms with Crippen molar-refractivity contribution in [3.63, 3.8) is 0 Å². The Morgan fingerprint density at radius 2 is 1.68 bits per heavy atom. The minimum atomic E-state index is 0.237. The maximum absolute atomic E-state index is 9.79. The summed E-state index contributed by atoms with van der Waals surface area (Å²) in [4.78, 5) is 4.35. The maximum Gasteiger partial charge on any atom is 0.138 e. The Kier molecular flexibility index (Phi) is 3.74. The second kappa shape index (κ2) is 5.31. The second-order valence-corrected chi connectivity index (χ2v) is 5.05. The molecule has 3 nitrogen and oxygen atoms in total. The second-order valence-electron chi connectivity index (χ2n) is 5.05. The van der Waals surface area contributed by atoms with E-state index in [-0.39, 0.29) is 5.75 Å². The molecule has 19 heavy (non-hydrogen) atoms. The van der Waals surface area contributed by atoms with Crippen LogP contribution in [0.2, 0.25) is 0 Å². The minimum Gasteiger partial charge on any atom is -0.506 e. The number of hydrogen-bond acceptors (Lipinski definition) is 3. The molecule has 0 saturated carbocycles. The quantitative estimate of drug-likeness (QED) is 0.881. The molecule has 0 saturated heterocycles. The van der Waals surface area contributed by atoms with Gasteiger partial charge in [0, 0.05) is 11.4 Å². The molecule has 0 radical (unpaired) electrons. The average Bonchev–Trinajstić information content (AvgIpc) is 2.32. The van der Waals surface area contributed by atoms with Gasteiger partial charge in [-0.3, -0.25) is 4.98 Å². The Morgan fingerprint density at radius 1 is 1.05 bits per heavy atom. The van der Waals surface area contributed by atoms with Gasteiger partial charge in [0.15, 0.2) is 0 Å². The van der Waals surface area contributed by atoms with Crippen LogP contribution in [0.3, 0.4) is 0 Å². The topological polar surface area (TPSA) is 45.2 Å². The highest BCUT2D eigenvalue weighted by Crippen LogP contribution is 2.23. The SMILES string of the molecule is Cc1cc(C)c(NCc2nc(C)ccc2O)c(C)c1. The standard InChI is InChI=1S/C16H20N2O/c1-10-7-11(2)16(12(3)8-10)17-9-14-15(19)6-5-13(4)18-14/h5-8,17,19H,9H2,1-4H3. The Balaban J connectivity index is 2.21. The zero-order valence-corrected chi connectivity index (χ0v) is 11.9. The van der Waals surface area contributed by atoms with Gasteiger partial charge in [0.25, 0.3) is 0 Å². The average molecular weight is 256 g/mol. The number of pyridine rings is 1. The molecule has 0 atom stereocenters. The first-order valence-electron chi connectivity index (χ1n) is 6.44. The predicted molar refractivity (Wildman–Crippen MR) is 78.6 cm³/mol. The van der Waals surface area contributed by atoms with Gasteiger partial charge in [-0.05, 0) is 51.0 Å². The fourth-order valence-electron chi connectivity index (χ4n) is 2.36. The number of benzene rings is 1. The Bertz CT molecular complexity index is 583. The summed E-state index contributed by atoms with van der Waals surface area (Å²) in [5.74, 6) is 0.237. The smallest absolute Gasteiger partial charge is 0.138 e. The van der Waals surface area contributed by atoms with Gasteiger partial charge < -0.3 is 10.4 Å². The monoisotopic (exact) mass is 256 g/mol. The highest BCUT2D eigenvalue weighted by atomic mass is 16.3. The fraction of sp³-hybridized carbons (Fsp3) is 0.312. The van der Waals surface area contributed by atoms with E-state index in [2.05, 4.69) is 43.2 Å². The highest BCUT2D eigenvalue weighted by Gasteiger charge is 2.06.